The molecule has 0 aliphatic heterocycles. The van der Waals surface area contributed by atoms with E-state index in [2.05, 4.69) is 0 Å². The van der Waals surface area contributed by atoms with Crippen LogP contribution in [0.25, 0.3) is 0 Å². The van der Waals surface area contributed by atoms with Gasteiger partial charge in [-0.2, -0.15) is 0 Å². The van der Waals surface area contributed by atoms with Crippen LogP contribution in [0.1, 0.15) is 6.42 Å². The van der Waals surface area contributed by atoms with Crippen LogP contribution in [0.2, 0.25) is 0 Å². The molecule has 1 fully saturated rings. The predicted molar refractivity (Wildman–Crippen MR) is 25.2 cm³/mol. The van der Waals surface area contributed by atoms with Gasteiger partial charge in [-0.25, -0.2) is 8.78 Å². The second kappa shape index (κ2) is 1.93. The summed E-state index contributed by atoms with van der Waals surface area (Å²) in [6.45, 7) is 0. The Morgan fingerprint density at radius 1 is 1.67 bits per heavy atom. The van der Waals surface area contributed by atoms with Gasteiger partial charge in [0.2, 0.25) is 6.43 Å². The molecule has 4 heteroatoms. The maximum Gasteiger partial charge on any atom is 0.307 e. The van der Waals surface area contributed by atoms with Gasteiger partial charge in [-0.15, -0.1) is 0 Å². The van der Waals surface area contributed by atoms with Crippen LogP contribution in [0.4, 0.5) is 8.78 Å². The van der Waals surface area contributed by atoms with Crippen molar-refractivity contribution in [3.05, 3.63) is 0 Å². The van der Waals surface area contributed by atoms with Crippen molar-refractivity contribution in [2.75, 3.05) is 0 Å². The van der Waals surface area contributed by atoms with Crippen molar-refractivity contribution in [2.45, 2.75) is 12.8 Å². The highest BCUT2D eigenvalue weighted by molar-refractivity contribution is 5.73. The molecule has 0 heterocycles. The van der Waals surface area contributed by atoms with E-state index in [1.54, 1.807) is 0 Å². The van der Waals surface area contributed by atoms with Crippen LogP contribution in [-0.2, 0) is 4.79 Å². The molecule has 0 saturated heterocycles. The zero-order chi connectivity index (χ0) is 7.02. The minimum Gasteiger partial charge on any atom is -0.481 e. The van der Waals surface area contributed by atoms with Crippen LogP contribution in [-0.4, -0.2) is 17.5 Å². The fourth-order valence-corrected chi connectivity index (χ4v) is 0.777. The molecule has 0 spiro atoms. The van der Waals surface area contributed by atoms with Crippen molar-refractivity contribution < 1.29 is 18.7 Å². The number of alkyl halides is 2. The molecule has 1 N–H and O–H groups in total. The molecule has 0 aromatic rings. The molecule has 1 aliphatic rings. The molecule has 52 valence electrons. The van der Waals surface area contributed by atoms with Gasteiger partial charge in [0.05, 0.1) is 5.92 Å². The lowest BCUT2D eigenvalue weighted by Gasteiger charge is -1.90. The molecule has 0 unspecified atom stereocenters. The largest absolute Gasteiger partial charge is 0.481 e. The zero-order valence-electron chi connectivity index (χ0n) is 4.55. The van der Waals surface area contributed by atoms with Crippen molar-refractivity contribution >= 4 is 5.97 Å². The Morgan fingerprint density at radius 2 is 2.22 bits per heavy atom. The van der Waals surface area contributed by atoms with E-state index in [0.717, 1.165) is 0 Å². The Morgan fingerprint density at radius 3 is 2.33 bits per heavy atom. The van der Waals surface area contributed by atoms with Gasteiger partial charge >= 0.3 is 5.97 Å². The summed E-state index contributed by atoms with van der Waals surface area (Å²) in [4.78, 5) is 9.94. The third kappa shape index (κ3) is 1.17. The zero-order valence-corrected chi connectivity index (χ0v) is 4.55. The van der Waals surface area contributed by atoms with Crippen LogP contribution in [0.15, 0.2) is 0 Å². The van der Waals surface area contributed by atoms with Crippen molar-refractivity contribution in [1.29, 1.82) is 0 Å². The lowest BCUT2D eigenvalue weighted by atomic mass is 10.3. The van der Waals surface area contributed by atoms with Crippen LogP contribution in [0.3, 0.4) is 0 Å². The summed E-state index contributed by atoms with van der Waals surface area (Å²) in [5.74, 6) is -2.74. The molecule has 0 amide bonds. The highest BCUT2D eigenvalue weighted by Gasteiger charge is 2.49. The highest BCUT2D eigenvalue weighted by atomic mass is 19.3. The molecule has 2 nitrogen and oxygen atoms in total. The van der Waals surface area contributed by atoms with Crippen molar-refractivity contribution in [1.82, 2.24) is 0 Å². The smallest absolute Gasteiger partial charge is 0.307 e. The van der Waals surface area contributed by atoms with Gasteiger partial charge in [0.25, 0.3) is 0 Å². The van der Waals surface area contributed by atoms with Crippen molar-refractivity contribution in [3.8, 4) is 0 Å². The Bertz CT molecular complexity index is 135. The van der Waals surface area contributed by atoms with Gasteiger partial charge in [-0.3, -0.25) is 4.79 Å². The second-order valence-corrected chi connectivity index (χ2v) is 2.18. The number of aliphatic carboxylic acids is 1. The summed E-state index contributed by atoms with van der Waals surface area (Å²) >= 11 is 0. The Hall–Kier alpha value is -0.670. The van der Waals surface area contributed by atoms with Crippen molar-refractivity contribution in [2.24, 2.45) is 11.8 Å². The first-order valence-corrected chi connectivity index (χ1v) is 2.64. The molecule has 0 aromatic heterocycles. The maximum absolute atomic E-state index is 11.6. The number of carboxylic acid groups (broad SMARTS) is 1. The normalized spacial score (nSPS) is 32.8. The first kappa shape index (κ1) is 6.45. The number of hydrogen-bond donors (Lipinski definition) is 1. The number of hydrogen-bond acceptors (Lipinski definition) is 1. The molecular weight excluding hydrogens is 130 g/mol. The van der Waals surface area contributed by atoms with Crippen LogP contribution in [0, 0.1) is 11.8 Å². The van der Waals surface area contributed by atoms with Crippen LogP contribution >= 0.6 is 0 Å². The first-order chi connectivity index (χ1) is 4.13. The van der Waals surface area contributed by atoms with E-state index >= 15 is 0 Å². The summed E-state index contributed by atoms with van der Waals surface area (Å²) in [7, 11) is 0. The summed E-state index contributed by atoms with van der Waals surface area (Å²) in [5.41, 5.74) is 0. The van der Waals surface area contributed by atoms with Crippen LogP contribution in [0.5, 0.6) is 0 Å². The average molecular weight is 136 g/mol. The summed E-state index contributed by atoms with van der Waals surface area (Å²) in [6.07, 6.45) is -2.31. The third-order valence-corrected chi connectivity index (χ3v) is 1.48. The number of rotatable bonds is 2. The molecular formula is C5H6F2O2. The third-order valence-electron chi connectivity index (χ3n) is 1.48. The fraction of sp³-hybridized carbons (Fsp3) is 0.800. The van der Waals surface area contributed by atoms with Gasteiger partial charge in [0, 0.05) is 5.92 Å². The maximum atomic E-state index is 11.6. The van der Waals surface area contributed by atoms with Gasteiger partial charge in [0.1, 0.15) is 0 Å². The van der Waals surface area contributed by atoms with Gasteiger partial charge in [0.15, 0.2) is 0 Å². The topological polar surface area (TPSA) is 37.3 Å². The minimum absolute atomic E-state index is 0.146. The molecule has 0 bridgehead atoms. The molecule has 0 radical (unpaired) electrons. The second-order valence-electron chi connectivity index (χ2n) is 2.18. The first-order valence-electron chi connectivity index (χ1n) is 2.64. The lowest BCUT2D eigenvalue weighted by molar-refractivity contribution is -0.139. The van der Waals surface area contributed by atoms with Crippen molar-refractivity contribution in [3.63, 3.8) is 0 Å². The van der Waals surface area contributed by atoms with E-state index in [0.29, 0.717) is 0 Å². The van der Waals surface area contributed by atoms with E-state index < -0.39 is 24.2 Å². The van der Waals surface area contributed by atoms with E-state index in [-0.39, 0.29) is 6.42 Å². The van der Waals surface area contributed by atoms with E-state index in [1.165, 1.54) is 0 Å². The SMILES string of the molecule is O=C(O)[C@@H]1C[C@H]1C(F)F. The fourth-order valence-electron chi connectivity index (χ4n) is 0.777. The van der Waals surface area contributed by atoms with E-state index in [9.17, 15) is 13.6 Å². The Balaban J connectivity index is 2.33. The quantitative estimate of drug-likeness (QED) is 0.614. The number of carboxylic acids is 1. The number of halogens is 2. The van der Waals surface area contributed by atoms with Gasteiger partial charge in [-0.05, 0) is 6.42 Å². The summed E-state index contributed by atoms with van der Waals surface area (Å²) in [6, 6.07) is 0. The molecule has 2 atom stereocenters. The molecule has 1 aliphatic carbocycles. The minimum atomic E-state index is -2.45. The summed E-state index contributed by atoms with van der Waals surface area (Å²) in [5, 5.41) is 8.14. The molecule has 0 aromatic carbocycles. The van der Waals surface area contributed by atoms with Crippen LogP contribution < -0.4 is 0 Å². The Labute approximate surface area is 50.5 Å². The molecule has 9 heavy (non-hydrogen) atoms. The van der Waals surface area contributed by atoms with Gasteiger partial charge < -0.3 is 5.11 Å². The predicted octanol–water partition coefficient (Wildman–Crippen LogP) is 0.972. The average Bonchev–Trinajstić information content (AvgIpc) is 2.39. The van der Waals surface area contributed by atoms with E-state index in [1.807, 2.05) is 0 Å². The molecule has 1 rings (SSSR count). The van der Waals surface area contributed by atoms with Gasteiger partial charge in [-0.1, -0.05) is 0 Å². The summed E-state index contributed by atoms with van der Waals surface area (Å²) < 4.78 is 23.1. The van der Waals surface area contributed by atoms with E-state index in [4.69, 9.17) is 5.11 Å². The number of carbonyl (C=O) groups is 1. The standard InChI is InChI=1S/C5H6F2O2/c6-4(7)2-1-3(2)5(8)9/h2-4H,1H2,(H,8,9)/t2-,3-/m1/s1. The molecule has 1 saturated carbocycles. The highest BCUT2D eigenvalue weighted by Crippen LogP contribution is 2.42. The lowest BCUT2D eigenvalue weighted by Crippen LogP contribution is -2.04. The Kier molecular flexibility index (Phi) is 1.38. The monoisotopic (exact) mass is 136 g/mol.